The number of amides is 2. The Balaban J connectivity index is 1.74. The molecule has 18 heavy (non-hydrogen) atoms. The Morgan fingerprint density at radius 1 is 1.22 bits per heavy atom. The maximum Gasteiger partial charge on any atom is 0.326 e. The van der Waals surface area contributed by atoms with Crippen LogP contribution in [0, 0.1) is 5.92 Å². The summed E-state index contributed by atoms with van der Waals surface area (Å²) in [4.78, 5) is 22.8. The average molecular weight is 272 g/mol. The molecule has 1 atom stereocenters. The van der Waals surface area contributed by atoms with Crippen molar-refractivity contribution in [2.45, 2.75) is 44.2 Å². The highest BCUT2D eigenvalue weighted by Gasteiger charge is 2.30. The van der Waals surface area contributed by atoms with Crippen molar-refractivity contribution >= 4 is 23.8 Å². The highest BCUT2D eigenvalue weighted by Crippen LogP contribution is 2.33. The van der Waals surface area contributed by atoms with E-state index < -0.39 is 12.0 Å². The maximum absolute atomic E-state index is 11.7. The molecule has 0 aromatic heterocycles. The summed E-state index contributed by atoms with van der Waals surface area (Å²) in [6.45, 7) is 0. The molecule has 2 aliphatic rings. The number of rotatable bonds is 5. The van der Waals surface area contributed by atoms with Gasteiger partial charge in [0.05, 0.1) is 0 Å². The number of aliphatic carboxylic acids is 1. The molecule has 0 bridgehead atoms. The number of hydrogen-bond acceptors (Lipinski definition) is 3. The number of carboxylic acids is 1. The van der Waals surface area contributed by atoms with Gasteiger partial charge in [0.15, 0.2) is 0 Å². The van der Waals surface area contributed by atoms with Gasteiger partial charge in [-0.25, -0.2) is 9.59 Å². The first-order valence-corrected chi connectivity index (χ1v) is 7.68. The third-order valence-corrected chi connectivity index (χ3v) is 4.47. The van der Waals surface area contributed by atoms with Gasteiger partial charge in [-0.05, 0) is 36.7 Å². The van der Waals surface area contributed by atoms with Gasteiger partial charge in [-0.2, -0.15) is 11.8 Å². The molecule has 1 aliphatic heterocycles. The molecule has 2 fully saturated rings. The summed E-state index contributed by atoms with van der Waals surface area (Å²) in [6.07, 6.45) is 4.68. The molecule has 1 aliphatic carbocycles. The van der Waals surface area contributed by atoms with E-state index in [1.807, 2.05) is 11.8 Å². The first kappa shape index (κ1) is 13.5. The summed E-state index contributed by atoms with van der Waals surface area (Å²) in [7, 11) is 0. The Kier molecular flexibility index (Phi) is 4.74. The molecule has 0 spiro atoms. The van der Waals surface area contributed by atoms with Crippen molar-refractivity contribution in [2.75, 3.05) is 11.5 Å². The van der Waals surface area contributed by atoms with Crippen molar-refractivity contribution in [2.24, 2.45) is 5.92 Å². The molecule has 0 aromatic carbocycles. The Morgan fingerprint density at radius 2 is 1.89 bits per heavy atom. The summed E-state index contributed by atoms with van der Waals surface area (Å²) >= 11 is 1.90. The second-order valence-electron chi connectivity index (χ2n) is 5.07. The molecule has 6 heteroatoms. The number of carbonyl (C=O) groups excluding carboxylic acids is 1. The van der Waals surface area contributed by atoms with Gasteiger partial charge in [0.25, 0.3) is 0 Å². The molecule has 0 aromatic rings. The Bertz CT molecular complexity index is 314. The molecule has 3 N–H and O–H groups in total. The zero-order chi connectivity index (χ0) is 13.0. The van der Waals surface area contributed by atoms with Gasteiger partial charge in [0, 0.05) is 6.04 Å². The van der Waals surface area contributed by atoms with Gasteiger partial charge in [0.1, 0.15) is 6.04 Å². The monoisotopic (exact) mass is 272 g/mol. The Morgan fingerprint density at radius 3 is 2.44 bits per heavy atom. The van der Waals surface area contributed by atoms with E-state index in [-0.39, 0.29) is 12.1 Å². The predicted octanol–water partition coefficient (Wildman–Crippen LogP) is 1.43. The number of hydrogen-bond donors (Lipinski definition) is 3. The van der Waals surface area contributed by atoms with Gasteiger partial charge < -0.3 is 15.7 Å². The standard InChI is InChI=1S/C12H20N2O3S/c15-11(16)10(7-8-1-2-8)14-12(17)13-9-3-5-18-6-4-9/h8-10H,1-7H2,(H,15,16)(H2,13,14,17). The van der Waals surface area contributed by atoms with Crippen molar-refractivity contribution in [1.82, 2.24) is 10.6 Å². The van der Waals surface area contributed by atoms with E-state index in [0.717, 1.165) is 37.2 Å². The highest BCUT2D eigenvalue weighted by molar-refractivity contribution is 7.99. The lowest BCUT2D eigenvalue weighted by molar-refractivity contribution is -0.139. The maximum atomic E-state index is 11.7. The van der Waals surface area contributed by atoms with E-state index in [4.69, 9.17) is 5.11 Å². The molecular weight excluding hydrogens is 252 g/mol. The second kappa shape index (κ2) is 6.31. The predicted molar refractivity (Wildman–Crippen MR) is 70.8 cm³/mol. The molecular formula is C12H20N2O3S. The molecule has 2 rings (SSSR count). The third-order valence-electron chi connectivity index (χ3n) is 3.43. The normalized spacial score (nSPS) is 22.2. The lowest BCUT2D eigenvalue weighted by atomic mass is 10.1. The topological polar surface area (TPSA) is 78.4 Å². The fourth-order valence-corrected chi connectivity index (χ4v) is 3.24. The van der Waals surface area contributed by atoms with E-state index in [1.54, 1.807) is 0 Å². The lowest BCUT2D eigenvalue weighted by Gasteiger charge is -2.24. The van der Waals surface area contributed by atoms with Crippen molar-refractivity contribution in [3.8, 4) is 0 Å². The van der Waals surface area contributed by atoms with Crippen LogP contribution in [-0.4, -0.2) is 40.7 Å². The smallest absolute Gasteiger partial charge is 0.326 e. The Hall–Kier alpha value is -0.910. The number of nitrogens with one attached hydrogen (secondary N) is 2. The van der Waals surface area contributed by atoms with E-state index in [2.05, 4.69) is 10.6 Å². The zero-order valence-electron chi connectivity index (χ0n) is 10.4. The summed E-state index contributed by atoms with van der Waals surface area (Å²) in [6, 6.07) is -0.878. The van der Waals surface area contributed by atoms with Crippen LogP contribution in [-0.2, 0) is 4.79 Å². The van der Waals surface area contributed by atoms with Gasteiger partial charge in [0.2, 0.25) is 0 Å². The molecule has 1 heterocycles. The lowest BCUT2D eigenvalue weighted by Crippen LogP contribution is -2.49. The fourth-order valence-electron chi connectivity index (χ4n) is 2.14. The molecule has 102 valence electrons. The first-order chi connectivity index (χ1) is 8.65. The number of urea groups is 1. The minimum absolute atomic E-state index is 0.196. The summed E-state index contributed by atoms with van der Waals surface area (Å²) in [5, 5.41) is 14.5. The summed E-state index contributed by atoms with van der Waals surface area (Å²) < 4.78 is 0. The summed E-state index contributed by atoms with van der Waals surface area (Å²) in [5.74, 6) is 1.68. The van der Waals surface area contributed by atoms with Crippen molar-refractivity contribution in [1.29, 1.82) is 0 Å². The minimum Gasteiger partial charge on any atom is -0.480 e. The summed E-state index contributed by atoms with van der Waals surface area (Å²) in [5.41, 5.74) is 0. The van der Waals surface area contributed by atoms with Gasteiger partial charge in [-0.1, -0.05) is 12.8 Å². The van der Waals surface area contributed by atoms with Crippen LogP contribution >= 0.6 is 11.8 Å². The van der Waals surface area contributed by atoms with Crippen LogP contribution in [0.5, 0.6) is 0 Å². The van der Waals surface area contributed by atoms with Crippen molar-refractivity contribution in [3.63, 3.8) is 0 Å². The molecule has 1 unspecified atom stereocenters. The van der Waals surface area contributed by atoms with Crippen LogP contribution in [0.4, 0.5) is 4.79 Å². The van der Waals surface area contributed by atoms with E-state index >= 15 is 0 Å². The zero-order valence-corrected chi connectivity index (χ0v) is 11.2. The first-order valence-electron chi connectivity index (χ1n) is 6.52. The number of carbonyl (C=O) groups is 2. The highest BCUT2D eigenvalue weighted by atomic mass is 32.2. The van der Waals surface area contributed by atoms with Crippen molar-refractivity contribution in [3.05, 3.63) is 0 Å². The van der Waals surface area contributed by atoms with Gasteiger partial charge >= 0.3 is 12.0 Å². The Labute approximate surface area is 111 Å². The van der Waals surface area contributed by atoms with Crippen LogP contribution in [0.1, 0.15) is 32.1 Å². The van der Waals surface area contributed by atoms with Crippen molar-refractivity contribution < 1.29 is 14.7 Å². The van der Waals surface area contributed by atoms with Gasteiger partial charge in [-0.15, -0.1) is 0 Å². The van der Waals surface area contributed by atoms with E-state index in [0.29, 0.717) is 12.3 Å². The van der Waals surface area contributed by atoms with Crippen LogP contribution in [0.2, 0.25) is 0 Å². The van der Waals surface area contributed by atoms with E-state index in [1.165, 1.54) is 0 Å². The minimum atomic E-state index is -0.934. The number of thioether (sulfide) groups is 1. The quantitative estimate of drug-likeness (QED) is 0.707. The van der Waals surface area contributed by atoms with E-state index in [9.17, 15) is 9.59 Å². The molecule has 0 radical (unpaired) electrons. The van der Waals surface area contributed by atoms with Crippen LogP contribution in [0.15, 0.2) is 0 Å². The molecule has 1 saturated heterocycles. The second-order valence-corrected chi connectivity index (χ2v) is 6.30. The van der Waals surface area contributed by atoms with Crippen LogP contribution < -0.4 is 10.6 Å². The van der Waals surface area contributed by atoms with Crippen LogP contribution in [0.25, 0.3) is 0 Å². The SMILES string of the molecule is O=C(NC1CCSCC1)NC(CC1CC1)C(=O)O. The van der Waals surface area contributed by atoms with Gasteiger partial charge in [-0.3, -0.25) is 0 Å². The largest absolute Gasteiger partial charge is 0.480 e. The average Bonchev–Trinajstić information content (AvgIpc) is 3.13. The molecule has 5 nitrogen and oxygen atoms in total. The van der Waals surface area contributed by atoms with Crippen LogP contribution in [0.3, 0.4) is 0 Å². The fraction of sp³-hybridized carbons (Fsp3) is 0.833. The molecule has 2 amide bonds. The third kappa shape index (κ3) is 4.40. The molecule has 1 saturated carbocycles. The number of carboxylic acid groups (broad SMARTS) is 1.